The highest BCUT2D eigenvalue weighted by Crippen LogP contribution is 2.29. The molecule has 3 nitrogen and oxygen atoms in total. The molecule has 0 spiro atoms. The quantitative estimate of drug-likeness (QED) is 0.900. The van der Waals surface area contributed by atoms with E-state index in [2.05, 4.69) is 31.0 Å². The molecular formula is C17H27FN2O. The molecule has 0 saturated carbocycles. The van der Waals surface area contributed by atoms with E-state index in [1.165, 1.54) is 6.07 Å². The fourth-order valence-electron chi connectivity index (χ4n) is 2.75. The lowest BCUT2D eigenvalue weighted by Gasteiger charge is -2.37. The highest BCUT2D eigenvalue weighted by molar-refractivity contribution is 5.55. The first-order chi connectivity index (χ1) is 9.78. The molecule has 2 rings (SSSR count). The summed E-state index contributed by atoms with van der Waals surface area (Å²) in [6.45, 7) is 10.4. The smallest absolute Gasteiger partial charge is 0.146 e. The number of nitrogens with zero attached hydrogens (tertiary/aromatic N) is 1. The van der Waals surface area contributed by atoms with E-state index in [4.69, 9.17) is 0 Å². The van der Waals surface area contributed by atoms with Crippen LogP contribution in [0.5, 0.6) is 0 Å². The van der Waals surface area contributed by atoms with E-state index in [9.17, 15) is 9.50 Å². The van der Waals surface area contributed by atoms with E-state index in [0.29, 0.717) is 31.7 Å². The molecule has 1 aliphatic rings. The number of benzene rings is 1. The number of nitrogens with one attached hydrogen (secondary N) is 1. The minimum absolute atomic E-state index is 0.00499. The molecule has 0 aromatic heterocycles. The van der Waals surface area contributed by atoms with Gasteiger partial charge in [0.25, 0.3) is 0 Å². The van der Waals surface area contributed by atoms with Crippen LogP contribution in [0.25, 0.3) is 0 Å². The number of hydrogen-bond acceptors (Lipinski definition) is 3. The van der Waals surface area contributed by atoms with Gasteiger partial charge >= 0.3 is 0 Å². The van der Waals surface area contributed by atoms with Crippen LogP contribution in [0.15, 0.2) is 18.2 Å². The number of hydrogen-bond donors (Lipinski definition) is 2. The van der Waals surface area contributed by atoms with Gasteiger partial charge in [-0.25, -0.2) is 4.39 Å². The molecule has 0 aliphatic carbocycles. The van der Waals surface area contributed by atoms with Crippen molar-refractivity contribution in [3.8, 4) is 0 Å². The van der Waals surface area contributed by atoms with Gasteiger partial charge in [-0.2, -0.15) is 0 Å². The third kappa shape index (κ3) is 4.17. The summed E-state index contributed by atoms with van der Waals surface area (Å²) in [6, 6.07) is 5.26. The summed E-state index contributed by atoms with van der Waals surface area (Å²) in [5, 5.41) is 13.3. The molecule has 1 saturated heterocycles. The number of halogens is 1. The first-order valence-electron chi connectivity index (χ1n) is 7.73. The van der Waals surface area contributed by atoms with Crippen molar-refractivity contribution in [2.45, 2.75) is 52.3 Å². The van der Waals surface area contributed by atoms with Gasteiger partial charge in [0.2, 0.25) is 0 Å². The van der Waals surface area contributed by atoms with Gasteiger partial charge in [-0.1, -0.05) is 19.1 Å². The number of anilines is 1. The Kier molecular flexibility index (Phi) is 4.89. The van der Waals surface area contributed by atoms with Gasteiger partial charge in [0.15, 0.2) is 0 Å². The second-order valence-corrected chi connectivity index (χ2v) is 7.13. The molecule has 2 N–H and O–H groups in total. The van der Waals surface area contributed by atoms with Crippen molar-refractivity contribution >= 4 is 5.69 Å². The molecular weight excluding hydrogens is 267 g/mol. The van der Waals surface area contributed by atoms with E-state index in [1.807, 2.05) is 13.0 Å². The second-order valence-electron chi connectivity index (χ2n) is 7.13. The molecule has 0 amide bonds. The first-order valence-corrected chi connectivity index (χ1v) is 7.73. The van der Waals surface area contributed by atoms with Gasteiger partial charge < -0.3 is 15.3 Å². The van der Waals surface area contributed by atoms with Crippen LogP contribution >= 0.6 is 0 Å². The molecule has 4 heteroatoms. The van der Waals surface area contributed by atoms with Gasteiger partial charge in [-0.05, 0) is 44.7 Å². The van der Waals surface area contributed by atoms with Crippen LogP contribution in [0.1, 0.15) is 39.7 Å². The zero-order valence-electron chi connectivity index (χ0n) is 13.5. The standard InChI is InChI=1S/C17H27FN2O/c1-12-11-20(9-8-15(12)21)16-13(6-5-7-14(16)18)10-19-17(2,3)4/h5-7,12,15,19,21H,8-11H2,1-4H3. The Bertz CT molecular complexity index is 484. The maximum atomic E-state index is 14.3. The van der Waals surface area contributed by atoms with Gasteiger partial charge in [-0.3, -0.25) is 0 Å². The van der Waals surface area contributed by atoms with E-state index in [0.717, 1.165) is 5.56 Å². The van der Waals surface area contributed by atoms with Crippen molar-refractivity contribution in [2.24, 2.45) is 5.92 Å². The molecule has 1 aliphatic heterocycles. The van der Waals surface area contributed by atoms with Crippen molar-refractivity contribution in [3.63, 3.8) is 0 Å². The predicted molar refractivity (Wildman–Crippen MR) is 85.0 cm³/mol. The van der Waals surface area contributed by atoms with Crippen LogP contribution in [0, 0.1) is 11.7 Å². The van der Waals surface area contributed by atoms with E-state index < -0.39 is 0 Å². The Morgan fingerprint density at radius 1 is 1.38 bits per heavy atom. The molecule has 0 radical (unpaired) electrons. The normalized spacial score (nSPS) is 23.4. The first kappa shape index (κ1) is 16.2. The van der Waals surface area contributed by atoms with Crippen molar-refractivity contribution in [1.82, 2.24) is 5.32 Å². The Morgan fingerprint density at radius 2 is 2.10 bits per heavy atom. The zero-order chi connectivity index (χ0) is 15.6. The summed E-state index contributed by atoms with van der Waals surface area (Å²) in [6.07, 6.45) is 0.422. The van der Waals surface area contributed by atoms with Crippen molar-refractivity contribution in [1.29, 1.82) is 0 Å². The molecule has 118 valence electrons. The topological polar surface area (TPSA) is 35.5 Å². The van der Waals surface area contributed by atoms with E-state index >= 15 is 0 Å². The molecule has 1 heterocycles. The Morgan fingerprint density at radius 3 is 2.71 bits per heavy atom. The highest BCUT2D eigenvalue weighted by atomic mass is 19.1. The van der Waals surface area contributed by atoms with Crippen molar-refractivity contribution < 1.29 is 9.50 Å². The van der Waals surface area contributed by atoms with Crippen LogP contribution in [0.2, 0.25) is 0 Å². The molecule has 2 atom stereocenters. The molecule has 1 fully saturated rings. The maximum absolute atomic E-state index is 14.3. The Balaban J connectivity index is 2.21. The average Bonchev–Trinajstić information content (AvgIpc) is 2.39. The highest BCUT2D eigenvalue weighted by Gasteiger charge is 2.27. The SMILES string of the molecule is CC1CN(c2c(F)cccc2CNC(C)(C)C)CCC1O. The largest absolute Gasteiger partial charge is 0.393 e. The van der Waals surface area contributed by atoms with E-state index in [-0.39, 0.29) is 23.4 Å². The monoisotopic (exact) mass is 294 g/mol. The second kappa shape index (κ2) is 6.32. The Hall–Kier alpha value is -1.13. The van der Waals surface area contributed by atoms with Crippen molar-refractivity contribution in [3.05, 3.63) is 29.6 Å². The molecule has 1 aromatic rings. The number of aliphatic hydroxyl groups is 1. The van der Waals surface area contributed by atoms with Gasteiger partial charge in [0.05, 0.1) is 11.8 Å². The summed E-state index contributed by atoms with van der Waals surface area (Å²) >= 11 is 0. The van der Waals surface area contributed by atoms with Crippen LogP contribution in [-0.2, 0) is 6.54 Å². The number of aliphatic hydroxyl groups excluding tert-OH is 1. The number of rotatable bonds is 3. The predicted octanol–water partition coefficient (Wildman–Crippen LogP) is 2.92. The van der Waals surface area contributed by atoms with Crippen LogP contribution in [-0.4, -0.2) is 29.8 Å². The van der Waals surface area contributed by atoms with Crippen LogP contribution < -0.4 is 10.2 Å². The van der Waals surface area contributed by atoms with E-state index in [1.54, 1.807) is 6.07 Å². The Labute approximate surface area is 127 Å². The summed E-state index contributed by atoms with van der Waals surface area (Å²) < 4.78 is 14.3. The summed E-state index contributed by atoms with van der Waals surface area (Å²) in [5.41, 5.74) is 1.66. The molecule has 0 bridgehead atoms. The summed E-state index contributed by atoms with van der Waals surface area (Å²) in [7, 11) is 0. The zero-order valence-corrected chi connectivity index (χ0v) is 13.5. The van der Waals surface area contributed by atoms with Crippen LogP contribution in [0.4, 0.5) is 10.1 Å². The van der Waals surface area contributed by atoms with Gasteiger partial charge in [0.1, 0.15) is 5.82 Å². The fourth-order valence-corrected chi connectivity index (χ4v) is 2.75. The number of piperidine rings is 1. The average molecular weight is 294 g/mol. The third-order valence-electron chi connectivity index (χ3n) is 4.06. The maximum Gasteiger partial charge on any atom is 0.146 e. The lowest BCUT2D eigenvalue weighted by Crippen LogP contribution is -2.43. The third-order valence-corrected chi connectivity index (χ3v) is 4.06. The lowest BCUT2D eigenvalue weighted by atomic mass is 9.95. The minimum Gasteiger partial charge on any atom is -0.393 e. The number of para-hydroxylation sites is 1. The minimum atomic E-state index is -0.274. The van der Waals surface area contributed by atoms with Gasteiger partial charge in [0, 0.05) is 25.2 Å². The fraction of sp³-hybridized carbons (Fsp3) is 0.647. The molecule has 1 aromatic carbocycles. The summed E-state index contributed by atoms with van der Waals surface area (Å²) in [4.78, 5) is 2.08. The molecule has 2 unspecified atom stereocenters. The van der Waals surface area contributed by atoms with Crippen molar-refractivity contribution in [2.75, 3.05) is 18.0 Å². The summed E-state index contributed by atoms with van der Waals surface area (Å²) in [5.74, 6) is -0.00594. The van der Waals surface area contributed by atoms with Gasteiger partial charge in [-0.15, -0.1) is 0 Å². The molecule has 21 heavy (non-hydrogen) atoms. The van der Waals surface area contributed by atoms with Crippen LogP contribution in [0.3, 0.4) is 0 Å². The lowest BCUT2D eigenvalue weighted by molar-refractivity contribution is 0.0968.